The Morgan fingerprint density at radius 2 is 1.96 bits per heavy atom. The number of hydrogen-bond acceptors (Lipinski definition) is 6. The molecule has 2 aliphatic heterocycles. The van der Waals surface area contributed by atoms with Crippen LogP contribution >= 0.6 is 0 Å². The average Bonchev–Trinajstić information content (AvgIpc) is 3.16. The highest BCUT2D eigenvalue weighted by atomic mass is 16.5. The number of likely N-dealkylation sites (tertiary alicyclic amines) is 2. The molecule has 0 radical (unpaired) electrons. The molecule has 136 valence electrons. The molecule has 3 heterocycles. The highest BCUT2D eigenvalue weighted by Gasteiger charge is 2.36. The van der Waals surface area contributed by atoms with Crippen molar-refractivity contribution in [2.75, 3.05) is 26.2 Å². The topological polar surface area (TPSA) is 106 Å². The van der Waals surface area contributed by atoms with E-state index in [9.17, 15) is 9.59 Å². The van der Waals surface area contributed by atoms with E-state index in [1.165, 1.54) is 0 Å². The van der Waals surface area contributed by atoms with E-state index in [1.54, 1.807) is 4.90 Å². The fourth-order valence-electron chi connectivity index (χ4n) is 3.90. The summed E-state index contributed by atoms with van der Waals surface area (Å²) in [6.45, 7) is 2.34. The molecule has 3 fully saturated rings. The zero-order chi connectivity index (χ0) is 17.4. The smallest absolute Gasteiger partial charge is 0.236 e. The number of hydrogen-bond donors (Lipinski definition) is 1. The maximum atomic E-state index is 12.7. The number of rotatable bonds is 5. The number of piperidine rings is 1. The fourth-order valence-corrected chi connectivity index (χ4v) is 3.90. The summed E-state index contributed by atoms with van der Waals surface area (Å²) >= 11 is 0. The summed E-state index contributed by atoms with van der Waals surface area (Å²) in [5.41, 5.74) is 5.41. The molecule has 2 saturated heterocycles. The van der Waals surface area contributed by atoms with E-state index >= 15 is 0 Å². The van der Waals surface area contributed by atoms with Crippen LogP contribution in [-0.4, -0.2) is 57.9 Å². The van der Waals surface area contributed by atoms with E-state index in [4.69, 9.17) is 10.3 Å². The summed E-state index contributed by atoms with van der Waals surface area (Å²) in [4.78, 5) is 32.6. The maximum Gasteiger partial charge on any atom is 0.236 e. The van der Waals surface area contributed by atoms with Crippen LogP contribution in [0.5, 0.6) is 0 Å². The molecule has 0 spiro atoms. The Hall–Kier alpha value is -1.96. The van der Waals surface area contributed by atoms with Gasteiger partial charge in [0, 0.05) is 19.0 Å². The van der Waals surface area contributed by atoms with E-state index in [-0.39, 0.29) is 23.8 Å². The van der Waals surface area contributed by atoms with Crippen LogP contribution in [0, 0.1) is 5.92 Å². The maximum absolute atomic E-state index is 12.7. The Bertz CT molecular complexity index is 656. The first-order valence-corrected chi connectivity index (χ1v) is 9.26. The lowest BCUT2D eigenvalue weighted by Crippen LogP contribution is -2.47. The lowest BCUT2D eigenvalue weighted by Gasteiger charge is -2.33. The third-order valence-corrected chi connectivity index (χ3v) is 5.56. The van der Waals surface area contributed by atoms with Crippen molar-refractivity contribution in [3.05, 3.63) is 11.7 Å². The average molecular weight is 347 g/mol. The minimum Gasteiger partial charge on any atom is -0.369 e. The lowest BCUT2D eigenvalue weighted by atomic mass is 9.97. The van der Waals surface area contributed by atoms with Gasteiger partial charge >= 0.3 is 0 Å². The molecule has 0 bridgehead atoms. The third kappa shape index (κ3) is 3.53. The molecule has 8 nitrogen and oxygen atoms in total. The van der Waals surface area contributed by atoms with Crippen LogP contribution in [0.2, 0.25) is 0 Å². The Kier molecular flexibility index (Phi) is 4.45. The van der Waals surface area contributed by atoms with Crippen molar-refractivity contribution in [3.63, 3.8) is 0 Å². The van der Waals surface area contributed by atoms with Crippen molar-refractivity contribution >= 4 is 11.8 Å². The van der Waals surface area contributed by atoms with Gasteiger partial charge in [0.2, 0.25) is 17.7 Å². The van der Waals surface area contributed by atoms with Gasteiger partial charge in [-0.05, 0) is 45.1 Å². The molecule has 25 heavy (non-hydrogen) atoms. The SMILES string of the molecule is NC(=O)C1CCCN(C(=O)CN2CCCC2c2noc(C3CC3)n2)C1. The van der Waals surface area contributed by atoms with Gasteiger partial charge in [0.05, 0.1) is 18.5 Å². The highest BCUT2D eigenvalue weighted by molar-refractivity contribution is 5.81. The van der Waals surface area contributed by atoms with Crippen LogP contribution in [0.25, 0.3) is 0 Å². The Morgan fingerprint density at radius 3 is 2.72 bits per heavy atom. The predicted octanol–water partition coefficient (Wildman–Crippen LogP) is 0.808. The van der Waals surface area contributed by atoms with E-state index in [0.717, 1.165) is 51.0 Å². The standard InChI is InChI=1S/C17H25N5O3/c18-15(24)12-3-1-8-22(9-12)14(23)10-21-7-2-4-13(21)16-19-17(25-20-16)11-5-6-11/h11-13H,1-10H2,(H2,18,24). The van der Waals surface area contributed by atoms with Gasteiger partial charge in [-0.2, -0.15) is 4.98 Å². The zero-order valence-corrected chi connectivity index (χ0v) is 14.4. The van der Waals surface area contributed by atoms with Crippen molar-refractivity contribution in [1.29, 1.82) is 0 Å². The molecule has 2 N–H and O–H groups in total. The quantitative estimate of drug-likeness (QED) is 0.845. The number of carbonyl (C=O) groups excluding carboxylic acids is 2. The Balaban J connectivity index is 1.38. The molecule has 0 aromatic carbocycles. The molecule has 1 aliphatic carbocycles. The molecule has 3 aliphatic rings. The first kappa shape index (κ1) is 16.5. The van der Waals surface area contributed by atoms with E-state index in [0.29, 0.717) is 31.4 Å². The van der Waals surface area contributed by atoms with Gasteiger partial charge < -0.3 is 15.2 Å². The van der Waals surface area contributed by atoms with Gasteiger partial charge in [-0.15, -0.1) is 0 Å². The molecule has 2 atom stereocenters. The molecule has 1 aromatic rings. The minimum atomic E-state index is -0.309. The lowest BCUT2D eigenvalue weighted by molar-refractivity contribution is -0.136. The second-order valence-electron chi connectivity index (χ2n) is 7.47. The van der Waals surface area contributed by atoms with Gasteiger partial charge in [-0.3, -0.25) is 14.5 Å². The van der Waals surface area contributed by atoms with Gasteiger partial charge in [0.15, 0.2) is 5.82 Å². The predicted molar refractivity (Wildman–Crippen MR) is 88.3 cm³/mol. The summed E-state index contributed by atoms with van der Waals surface area (Å²) in [7, 11) is 0. The summed E-state index contributed by atoms with van der Waals surface area (Å²) < 4.78 is 5.38. The van der Waals surface area contributed by atoms with Gasteiger partial charge in [-0.25, -0.2) is 0 Å². The van der Waals surface area contributed by atoms with Crippen molar-refractivity contribution in [3.8, 4) is 0 Å². The molecular weight excluding hydrogens is 322 g/mol. The third-order valence-electron chi connectivity index (χ3n) is 5.56. The summed E-state index contributed by atoms with van der Waals surface area (Å²) in [6.07, 6.45) is 5.83. The van der Waals surface area contributed by atoms with Gasteiger partial charge in [-0.1, -0.05) is 5.16 Å². The largest absolute Gasteiger partial charge is 0.369 e. The number of nitrogens with two attached hydrogens (primary N) is 1. The summed E-state index contributed by atoms with van der Waals surface area (Å²) in [5, 5.41) is 4.15. The molecule has 1 aromatic heterocycles. The second-order valence-corrected chi connectivity index (χ2v) is 7.47. The van der Waals surface area contributed by atoms with Crippen LogP contribution in [0.15, 0.2) is 4.52 Å². The molecule has 8 heteroatoms. The van der Waals surface area contributed by atoms with Crippen molar-refractivity contribution in [1.82, 2.24) is 19.9 Å². The number of amides is 2. The fraction of sp³-hybridized carbons (Fsp3) is 0.765. The first-order chi connectivity index (χ1) is 12.1. The Morgan fingerprint density at radius 1 is 1.16 bits per heavy atom. The minimum absolute atomic E-state index is 0.0527. The van der Waals surface area contributed by atoms with Crippen LogP contribution in [0.1, 0.15) is 62.2 Å². The highest BCUT2D eigenvalue weighted by Crippen LogP contribution is 2.40. The molecule has 2 unspecified atom stereocenters. The summed E-state index contributed by atoms with van der Waals surface area (Å²) in [5.74, 6) is 1.43. The normalized spacial score (nSPS) is 27.6. The molecule has 4 rings (SSSR count). The van der Waals surface area contributed by atoms with E-state index in [2.05, 4.69) is 15.0 Å². The van der Waals surface area contributed by atoms with E-state index in [1.807, 2.05) is 0 Å². The number of aromatic nitrogens is 2. The van der Waals surface area contributed by atoms with Gasteiger partial charge in [0.25, 0.3) is 0 Å². The van der Waals surface area contributed by atoms with Crippen molar-refractivity contribution < 1.29 is 14.1 Å². The Labute approximate surface area is 146 Å². The van der Waals surface area contributed by atoms with Crippen LogP contribution in [0.3, 0.4) is 0 Å². The number of nitrogens with zero attached hydrogens (tertiary/aromatic N) is 4. The number of carbonyl (C=O) groups is 2. The van der Waals surface area contributed by atoms with Crippen molar-refractivity contribution in [2.24, 2.45) is 11.7 Å². The van der Waals surface area contributed by atoms with Crippen LogP contribution < -0.4 is 5.73 Å². The second kappa shape index (κ2) is 6.74. The van der Waals surface area contributed by atoms with Crippen molar-refractivity contribution in [2.45, 2.75) is 50.5 Å². The van der Waals surface area contributed by atoms with Crippen LogP contribution in [0.4, 0.5) is 0 Å². The van der Waals surface area contributed by atoms with Gasteiger partial charge in [0.1, 0.15) is 0 Å². The molecule has 1 saturated carbocycles. The van der Waals surface area contributed by atoms with E-state index < -0.39 is 0 Å². The first-order valence-electron chi connectivity index (χ1n) is 9.26. The summed E-state index contributed by atoms with van der Waals surface area (Å²) in [6, 6.07) is 0.0527. The molecule has 2 amide bonds. The number of primary amides is 1. The monoisotopic (exact) mass is 347 g/mol. The molecular formula is C17H25N5O3. The van der Waals surface area contributed by atoms with Crippen LogP contribution in [-0.2, 0) is 9.59 Å². The zero-order valence-electron chi connectivity index (χ0n) is 14.4.